The largest absolute Gasteiger partial charge is 0.509 e. The van der Waals surface area contributed by atoms with Crippen LogP contribution < -0.4 is 10.2 Å². The van der Waals surface area contributed by atoms with Gasteiger partial charge in [0.1, 0.15) is 5.75 Å². The van der Waals surface area contributed by atoms with Gasteiger partial charge < -0.3 is 17.7 Å². The summed E-state index contributed by atoms with van der Waals surface area (Å²) in [6.07, 6.45) is 2.02. The number of rotatable bonds is 3. The second-order valence-corrected chi connectivity index (χ2v) is 3.46. The SMILES string of the molecule is F[B-](F)(F)c1cccc(OC2CC2)c1. The Labute approximate surface area is 79.9 Å². The lowest BCUT2D eigenvalue weighted by molar-refractivity contribution is 0.303. The standard InChI is InChI=1S/C9H9BF3O/c11-10(12,13)7-2-1-3-9(6-7)14-8-4-5-8/h1-3,6,8H,4-5H2/q-1. The Balaban J connectivity index is 2.17. The molecule has 0 heterocycles. The van der Waals surface area contributed by atoms with E-state index in [1.807, 2.05) is 0 Å². The molecule has 0 bridgehead atoms. The Morgan fingerprint density at radius 1 is 1.21 bits per heavy atom. The molecular weight excluding hydrogens is 192 g/mol. The number of hydrogen-bond acceptors (Lipinski definition) is 1. The van der Waals surface area contributed by atoms with E-state index in [9.17, 15) is 12.9 Å². The van der Waals surface area contributed by atoms with Crippen molar-refractivity contribution in [3.05, 3.63) is 24.3 Å². The lowest BCUT2D eigenvalue weighted by Gasteiger charge is -2.15. The molecule has 0 atom stereocenters. The van der Waals surface area contributed by atoms with E-state index < -0.39 is 12.4 Å². The fourth-order valence-electron chi connectivity index (χ4n) is 1.17. The van der Waals surface area contributed by atoms with Crippen molar-refractivity contribution in [3.63, 3.8) is 0 Å². The van der Waals surface area contributed by atoms with Crippen molar-refractivity contribution in [1.29, 1.82) is 0 Å². The van der Waals surface area contributed by atoms with Gasteiger partial charge >= 0.3 is 6.98 Å². The maximum Gasteiger partial charge on any atom is 0.509 e. The van der Waals surface area contributed by atoms with E-state index >= 15 is 0 Å². The molecule has 1 fully saturated rings. The molecule has 0 N–H and O–H groups in total. The summed E-state index contributed by atoms with van der Waals surface area (Å²) in [5.74, 6) is 0.323. The second-order valence-electron chi connectivity index (χ2n) is 3.46. The van der Waals surface area contributed by atoms with Crippen LogP contribution >= 0.6 is 0 Å². The first kappa shape index (κ1) is 9.43. The average molecular weight is 201 g/mol. The number of halogens is 3. The maximum absolute atomic E-state index is 12.3. The summed E-state index contributed by atoms with van der Waals surface area (Å²) in [7, 11) is 0. The van der Waals surface area contributed by atoms with Gasteiger partial charge in [-0.1, -0.05) is 12.1 Å². The maximum atomic E-state index is 12.3. The smallest absolute Gasteiger partial charge is 0.491 e. The van der Waals surface area contributed by atoms with Crippen molar-refractivity contribution in [2.45, 2.75) is 18.9 Å². The van der Waals surface area contributed by atoms with Crippen molar-refractivity contribution in [2.75, 3.05) is 0 Å². The molecule has 0 aromatic heterocycles. The normalized spacial score (nSPS) is 16.8. The molecule has 1 aromatic rings. The van der Waals surface area contributed by atoms with Crippen LogP contribution in [0.4, 0.5) is 12.9 Å². The predicted octanol–water partition coefficient (Wildman–Crippen LogP) is 2.28. The predicted molar refractivity (Wildman–Crippen MR) is 48.8 cm³/mol. The average Bonchev–Trinajstić information content (AvgIpc) is 2.87. The van der Waals surface area contributed by atoms with E-state index in [-0.39, 0.29) is 6.10 Å². The molecule has 0 unspecified atom stereocenters. The van der Waals surface area contributed by atoms with Crippen LogP contribution in [0.2, 0.25) is 0 Å². The third kappa shape index (κ3) is 2.22. The van der Waals surface area contributed by atoms with Crippen LogP contribution in [0.3, 0.4) is 0 Å². The Morgan fingerprint density at radius 2 is 1.93 bits per heavy atom. The van der Waals surface area contributed by atoms with Crippen LogP contribution in [-0.2, 0) is 0 Å². The Bertz CT molecular complexity index is 333. The van der Waals surface area contributed by atoms with Gasteiger partial charge in [-0.15, -0.1) is 5.46 Å². The van der Waals surface area contributed by atoms with Gasteiger partial charge in [-0.05, 0) is 25.0 Å². The third-order valence-corrected chi connectivity index (χ3v) is 2.06. The molecule has 1 aromatic carbocycles. The van der Waals surface area contributed by atoms with Gasteiger partial charge in [0.2, 0.25) is 0 Å². The van der Waals surface area contributed by atoms with Crippen LogP contribution in [0.15, 0.2) is 24.3 Å². The molecule has 2 rings (SSSR count). The highest BCUT2D eigenvalue weighted by Crippen LogP contribution is 2.26. The fraction of sp³-hybridized carbons (Fsp3) is 0.333. The quantitative estimate of drug-likeness (QED) is 0.681. The van der Waals surface area contributed by atoms with Crippen molar-refractivity contribution < 1.29 is 17.7 Å². The van der Waals surface area contributed by atoms with Gasteiger partial charge in [0.15, 0.2) is 0 Å². The van der Waals surface area contributed by atoms with Crippen LogP contribution in [0.1, 0.15) is 12.8 Å². The van der Waals surface area contributed by atoms with Crippen LogP contribution in [0, 0.1) is 0 Å². The molecule has 76 valence electrons. The van der Waals surface area contributed by atoms with Crippen molar-refractivity contribution in [1.82, 2.24) is 0 Å². The van der Waals surface area contributed by atoms with Crippen molar-refractivity contribution in [3.8, 4) is 5.75 Å². The molecule has 1 saturated carbocycles. The topological polar surface area (TPSA) is 9.23 Å². The number of ether oxygens (including phenoxy) is 1. The molecule has 0 amide bonds. The number of benzene rings is 1. The zero-order chi connectivity index (χ0) is 10.2. The Hall–Kier alpha value is -1.13. The minimum absolute atomic E-state index is 0.131. The highest BCUT2D eigenvalue weighted by Gasteiger charge is 2.27. The molecular formula is C9H9BF3O-. The molecule has 1 aliphatic carbocycles. The zero-order valence-corrected chi connectivity index (χ0v) is 7.42. The van der Waals surface area contributed by atoms with E-state index in [0.29, 0.717) is 5.75 Å². The Kier molecular flexibility index (Phi) is 2.17. The summed E-state index contributed by atoms with van der Waals surface area (Å²) in [6.45, 7) is -4.91. The van der Waals surface area contributed by atoms with E-state index in [1.165, 1.54) is 6.07 Å². The highest BCUT2D eigenvalue weighted by atomic mass is 19.4. The van der Waals surface area contributed by atoms with E-state index in [1.54, 1.807) is 6.07 Å². The van der Waals surface area contributed by atoms with Crippen molar-refractivity contribution in [2.24, 2.45) is 0 Å². The molecule has 0 aliphatic heterocycles. The number of hydrogen-bond donors (Lipinski definition) is 0. The molecule has 0 spiro atoms. The first-order chi connectivity index (χ1) is 6.55. The van der Waals surface area contributed by atoms with Gasteiger partial charge in [0, 0.05) is 0 Å². The van der Waals surface area contributed by atoms with Crippen LogP contribution in [-0.4, -0.2) is 13.1 Å². The molecule has 1 nitrogen and oxygen atoms in total. The molecule has 0 radical (unpaired) electrons. The minimum Gasteiger partial charge on any atom is -0.491 e. The van der Waals surface area contributed by atoms with Gasteiger partial charge in [-0.2, -0.15) is 0 Å². The first-order valence-corrected chi connectivity index (χ1v) is 4.52. The summed E-state index contributed by atoms with van der Waals surface area (Å²) in [5.41, 5.74) is -0.594. The zero-order valence-electron chi connectivity index (χ0n) is 7.42. The third-order valence-electron chi connectivity index (χ3n) is 2.06. The minimum atomic E-state index is -4.91. The highest BCUT2D eigenvalue weighted by molar-refractivity contribution is 6.73. The van der Waals surface area contributed by atoms with Gasteiger partial charge in [0.05, 0.1) is 6.10 Å². The van der Waals surface area contributed by atoms with Crippen molar-refractivity contribution >= 4 is 12.4 Å². The lowest BCUT2D eigenvalue weighted by atomic mass is 9.80. The molecule has 1 aliphatic rings. The molecule has 5 heteroatoms. The fourth-order valence-corrected chi connectivity index (χ4v) is 1.17. The van der Waals surface area contributed by atoms with Crippen LogP contribution in [0.5, 0.6) is 5.75 Å². The molecule has 0 saturated heterocycles. The second kappa shape index (κ2) is 3.22. The molecule has 14 heavy (non-hydrogen) atoms. The summed E-state index contributed by atoms with van der Waals surface area (Å²) in [5, 5.41) is 0. The van der Waals surface area contributed by atoms with E-state index in [0.717, 1.165) is 25.0 Å². The summed E-state index contributed by atoms with van der Waals surface area (Å²) in [4.78, 5) is 0. The van der Waals surface area contributed by atoms with Gasteiger partial charge in [-0.3, -0.25) is 0 Å². The lowest BCUT2D eigenvalue weighted by Crippen LogP contribution is -2.33. The van der Waals surface area contributed by atoms with E-state index in [4.69, 9.17) is 4.74 Å². The van der Waals surface area contributed by atoms with Gasteiger partial charge in [-0.25, -0.2) is 0 Å². The monoisotopic (exact) mass is 201 g/mol. The Morgan fingerprint density at radius 3 is 2.50 bits per heavy atom. The van der Waals surface area contributed by atoms with E-state index in [2.05, 4.69) is 0 Å². The first-order valence-electron chi connectivity index (χ1n) is 4.52. The van der Waals surface area contributed by atoms with Crippen LogP contribution in [0.25, 0.3) is 0 Å². The summed E-state index contributed by atoms with van der Waals surface area (Å²) < 4.78 is 42.3. The summed E-state index contributed by atoms with van der Waals surface area (Å²) >= 11 is 0. The van der Waals surface area contributed by atoms with Gasteiger partial charge in [0.25, 0.3) is 0 Å². The summed E-state index contributed by atoms with van der Waals surface area (Å²) in [6, 6.07) is 5.07.